The number of nitrogens with one attached hydrogen (secondary N) is 1. The summed E-state index contributed by atoms with van der Waals surface area (Å²) in [7, 11) is 0. The zero-order valence-electron chi connectivity index (χ0n) is 13.9. The predicted octanol–water partition coefficient (Wildman–Crippen LogP) is 6.45. The maximum absolute atomic E-state index is 6.30. The fourth-order valence-electron chi connectivity index (χ4n) is 3.86. The molecule has 118 valence electrons. The molecule has 2 heteroatoms. The van der Waals surface area contributed by atoms with Crippen LogP contribution < -0.4 is 5.32 Å². The van der Waals surface area contributed by atoms with Crippen molar-refractivity contribution in [3.8, 4) is 0 Å². The molecule has 1 unspecified atom stereocenters. The summed E-state index contributed by atoms with van der Waals surface area (Å²) in [4.78, 5) is 0. The Morgan fingerprint density at radius 1 is 1.09 bits per heavy atom. The van der Waals surface area contributed by atoms with E-state index in [0.717, 1.165) is 5.02 Å². The van der Waals surface area contributed by atoms with Crippen molar-refractivity contribution in [2.45, 2.75) is 58.9 Å². The summed E-state index contributed by atoms with van der Waals surface area (Å²) in [6.07, 6.45) is 9.00. The molecule has 0 bridgehead atoms. The highest BCUT2D eigenvalue weighted by atomic mass is 35.5. The predicted molar refractivity (Wildman–Crippen MR) is 97.5 cm³/mol. The topological polar surface area (TPSA) is 12.0 Å². The monoisotopic (exact) mass is 315 g/mol. The Labute approximate surface area is 139 Å². The highest BCUT2D eigenvalue weighted by Crippen LogP contribution is 2.41. The van der Waals surface area contributed by atoms with E-state index in [1.807, 2.05) is 6.07 Å². The van der Waals surface area contributed by atoms with Gasteiger partial charge in [-0.1, -0.05) is 49.4 Å². The van der Waals surface area contributed by atoms with E-state index in [0.29, 0.717) is 12.0 Å². The molecule has 0 aromatic heterocycles. The summed E-state index contributed by atoms with van der Waals surface area (Å²) in [5, 5.41) is 4.61. The summed E-state index contributed by atoms with van der Waals surface area (Å²) in [5.74, 6) is 0.525. The van der Waals surface area contributed by atoms with Crippen LogP contribution in [0.2, 0.25) is 5.02 Å². The van der Waals surface area contributed by atoms with Crippen molar-refractivity contribution in [2.75, 3.05) is 5.32 Å². The Bertz CT molecular complexity index is 621. The average Bonchev–Trinajstić information content (AvgIpc) is 2.75. The summed E-state index contributed by atoms with van der Waals surface area (Å²) in [6.45, 7) is 6.73. The van der Waals surface area contributed by atoms with Crippen molar-refractivity contribution < 1.29 is 0 Å². The number of hydrogen-bond donors (Lipinski definition) is 1. The molecule has 1 nitrogen and oxygen atoms in total. The number of hydrogen-bond acceptors (Lipinski definition) is 1. The Morgan fingerprint density at radius 3 is 2.45 bits per heavy atom. The van der Waals surface area contributed by atoms with E-state index in [4.69, 9.17) is 11.6 Å². The van der Waals surface area contributed by atoms with E-state index >= 15 is 0 Å². The van der Waals surface area contributed by atoms with Crippen molar-refractivity contribution in [1.29, 1.82) is 0 Å². The molecule has 0 radical (unpaired) electrons. The van der Waals surface area contributed by atoms with Gasteiger partial charge < -0.3 is 5.32 Å². The Hall–Kier alpha value is -1.21. The molecule has 3 rings (SSSR count). The van der Waals surface area contributed by atoms with E-state index in [-0.39, 0.29) is 0 Å². The Kier molecular flexibility index (Phi) is 4.63. The SMILES string of the molecule is CC1=CC(C)C(C)=C1c1cc(Cl)ccc1NC1CCCCC1. The Balaban J connectivity index is 1.96. The third-order valence-electron chi connectivity index (χ3n) is 5.19. The fourth-order valence-corrected chi connectivity index (χ4v) is 4.03. The van der Waals surface area contributed by atoms with E-state index in [1.54, 1.807) is 0 Å². The smallest absolute Gasteiger partial charge is 0.0423 e. The second kappa shape index (κ2) is 6.50. The van der Waals surface area contributed by atoms with Gasteiger partial charge in [-0.25, -0.2) is 0 Å². The second-order valence-corrected chi connectivity index (χ2v) is 7.30. The lowest BCUT2D eigenvalue weighted by Crippen LogP contribution is -2.22. The lowest BCUT2D eigenvalue weighted by Gasteiger charge is -2.26. The molecule has 0 amide bonds. The van der Waals surface area contributed by atoms with Crippen molar-refractivity contribution in [3.63, 3.8) is 0 Å². The first-order valence-electron chi connectivity index (χ1n) is 8.52. The first kappa shape index (κ1) is 15.7. The minimum atomic E-state index is 0.525. The maximum Gasteiger partial charge on any atom is 0.0423 e. The number of benzene rings is 1. The maximum atomic E-state index is 6.30. The van der Waals surface area contributed by atoms with Crippen LogP contribution in [-0.2, 0) is 0 Å². The van der Waals surface area contributed by atoms with Crippen LogP contribution in [0.4, 0.5) is 5.69 Å². The van der Waals surface area contributed by atoms with E-state index < -0.39 is 0 Å². The highest BCUT2D eigenvalue weighted by Gasteiger charge is 2.22. The lowest BCUT2D eigenvalue weighted by atomic mass is 9.92. The van der Waals surface area contributed by atoms with Gasteiger partial charge in [-0.15, -0.1) is 0 Å². The third kappa shape index (κ3) is 3.10. The molecule has 1 atom stereocenters. The van der Waals surface area contributed by atoms with Crippen LogP contribution in [0.3, 0.4) is 0 Å². The highest BCUT2D eigenvalue weighted by molar-refractivity contribution is 6.31. The third-order valence-corrected chi connectivity index (χ3v) is 5.42. The van der Waals surface area contributed by atoms with Gasteiger partial charge in [-0.05, 0) is 62.0 Å². The van der Waals surface area contributed by atoms with Crippen LogP contribution in [0.25, 0.3) is 5.57 Å². The lowest BCUT2D eigenvalue weighted by molar-refractivity contribution is 0.462. The quantitative estimate of drug-likeness (QED) is 0.675. The van der Waals surface area contributed by atoms with Crippen LogP contribution >= 0.6 is 11.6 Å². The van der Waals surface area contributed by atoms with Gasteiger partial charge in [-0.2, -0.15) is 0 Å². The minimum Gasteiger partial charge on any atom is -0.382 e. The van der Waals surface area contributed by atoms with Crippen molar-refractivity contribution in [1.82, 2.24) is 0 Å². The first-order valence-corrected chi connectivity index (χ1v) is 8.90. The molecular weight excluding hydrogens is 290 g/mol. The van der Waals surface area contributed by atoms with Gasteiger partial charge in [0.25, 0.3) is 0 Å². The van der Waals surface area contributed by atoms with Crippen LogP contribution in [0.15, 0.2) is 35.4 Å². The summed E-state index contributed by atoms with van der Waals surface area (Å²) < 4.78 is 0. The molecule has 0 spiro atoms. The van der Waals surface area contributed by atoms with Crippen molar-refractivity contribution in [3.05, 3.63) is 46.0 Å². The molecule has 1 N–H and O–H groups in total. The normalized spacial score (nSPS) is 22.9. The Morgan fingerprint density at radius 2 is 1.82 bits per heavy atom. The molecule has 1 aromatic carbocycles. The molecule has 1 aromatic rings. The van der Waals surface area contributed by atoms with E-state index in [2.05, 4.69) is 44.3 Å². The molecule has 0 saturated heterocycles. The number of rotatable bonds is 3. The molecule has 0 heterocycles. The molecule has 1 fully saturated rings. The molecule has 0 aliphatic heterocycles. The van der Waals surface area contributed by atoms with Crippen molar-refractivity contribution >= 4 is 22.9 Å². The molecule has 1 saturated carbocycles. The van der Waals surface area contributed by atoms with E-state index in [1.165, 1.54) is 60.1 Å². The van der Waals surface area contributed by atoms with Gasteiger partial charge in [0, 0.05) is 22.3 Å². The van der Waals surface area contributed by atoms with Crippen LogP contribution in [0, 0.1) is 5.92 Å². The summed E-state index contributed by atoms with van der Waals surface area (Å²) >= 11 is 6.30. The molecular formula is C20H26ClN. The number of allylic oxidation sites excluding steroid dienone is 4. The number of halogens is 1. The van der Waals surface area contributed by atoms with Gasteiger partial charge in [-0.3, -0.25) is 0 Å². The summed E-state index contributed by atoms with van der Waals surface area (Å²) in [5.41, 5.74) is 6.72. The minimum absolute atomic E-state index is 0.525. The largest absolute Gasteiger partial charge is 0.382 e. The van der Waals surface area contributed by atoms with Gasteiger partial charge in [0.15, 0.2) is 0 Å². The standard InChI is InChI=1S/C20H26ClN/c1-13-11-14(2)20(15(13)3)18-12-16(21)9-10-19(18)22-17-7-5-4-6-8-17/h9-13,17,22H,4-8H2,1-3H3. The van der Waals surface area contributed by atoms with Crippen LogP contribution in [0.1, 0.15) is 58.4 Å². The van der Waals surface area contributed by atoms with Gasteiger partial charge >= 0.3 is 0 Å². The number of anilines is 1. The zero-order chi connectivity index (χ0) is 15.7. The average molecular weight is 316 g/mol. The first-order chi connectivity index (χ1) is 10.6. The van der Waals surface area contributed by atoms with Crippen LogP contribution in [-0.4, -0.2) is 6.04 Å². The molecule has 2 aliphatic rings. The molecule has 2 aliphatic carbocycles. The van der Waals surface area contributed by atoms with Gasteiger partial charge in [0.2, 0.25) is 0 Å². The zero-order valence-corrected chi connectivity index (χ0v) is 14.6. The summed E-state index contributed by atoms with van der Waals surface area (Å²) in [6, 6.07) is 6.89. The second-order valence-electron chi connectivity index (χ2n) is 6.87. The van der Waals surface area contributed by atoms with E-state index in [9.17, 15) is 0 Å². The fraction of sp³-hybridized carbons (Fsp3) is 0.500. The van der Waals surface area contributed by atoms with Crippen LogP contribution in [0.5, 0.6) is 0 Å². The molecule has 22 heavy (non-hydrogen) atoms. The van der Waals surface area contributed by atoms with Gasteiger partial charge in [0.05, 0.1) is 0 Å². The van der Waals surface area contributed by atoms with Gasteiger partial charge in [0.1, 0.15) is 0 Å². The van der Waals surface area contributed by atoms with Crippen molar-refractivity contribution in [2.24, 2.45) is 5.92 Å².